The highest BCUT2D eigenvalue weighted by Crippen LogP contribution is 2.15. The van der Waals surface area contributed by atoms with Gasteiger partial charge in [0.1, 0.15) is 11.6 Å². The molecule has 0 bridgehead atoms. The van der Waals surface area contributed by atoms with Gasteiger partial charge in [0.2, 0.25) is 0 Å². The van der Waals surface area contributed by atoms with Gasteiger partial charge in [0.05, 0.1) is 18.9 Å². The van der Waals surface area contributed by atoms with Crippen molar-refractivity contribution in [3.63, 3.8) is 0 Å². The summed E-state index contributed by atoms with van der Waals surface area (Å²) in [5.74, 6) is 0.863. The number of aliphatic imine (C=N–C) groups is 1. The highest BCUT2D eigenvalue weighted by atomic mass is 127. The van der Waals surface area contributed by atoms with E-state index in [9.17, 15) is 12.8 Å². The molecule has 9 heteroatoms. The SMILES string of the molecule is CCNC(=NCc1cc(F)ccc1CS(C)(=O)=O)NCCCOc1ccccc1.I. The Labute approximate surface area is 195 Å². The number of nitrogens with one attached hydrogen (secondary N) is 2. The lowest BCUT2D eigenvalue weighted by atomic mass is 10.1. The molecule has 2 aromatic rings. The van der Waals surface area contributed by atoms with Crippen molar-refractivity contribution >= 4 is 39.8 Å². The maximum Gasteiger partial charge on any atom is 0.191 e. The number of rotatable bonds is 10. The van der Waals surface area contributed by atoms with Gasteiger partial charge in [-0.15, -0.1) is 24.0 Å². The number of ether oxygens (including phenoxy) is 1. The number of hydrogen-bond donors (Lipinski definition) is 2. The van der Waals surface area contributed by atoms with Crippen molar-refractivity contribution in [1.82, 2.24) is 10.6 Å². The molecule has 0 atom stereocenters. The predicted molar refractivity (Wildman–Crippen MR) is 130 cm³/mol. The molecule has 0 aliphatic rings. The second kappa shape index (κ2) is 13.4. The maximum atomic E-state index is 13.6. The monoisotopic (exact) mass is 549 g/mol. The Hall–Kier alpha value is -1.88. The van der Waals surface area contributed by atoms with Crippen LogP contribution in [-0.4, -0.2) is 40.3 Å². The van der Waals surface area contributed by atoms with Crippen LogP contribution in [-0.2, 0) is 22.1 Å². The zero-order chi connectivity index (χ0) is 21.1. The van der Waals surface area contributed by atoms with E-state index < -0.39 is 15.7 Å². The molecule has 0 heterocycles. The van der Waals surface area contributed by atoms with Gasteiger partial charge >= 0.3 is 0 Å². The zero-order valence-corrected chi connectivity index (χ0v) is 20.4. The fourth-order valence-electron chi connectivity index (χ4n) is 2.66. The smallest absolute Gasteiger partial charge is 0.191 e. The molecular weight excluding hydrogens is 520 g/mol. The molecule has 0 unspecified atom stereocenters. The molecule has 0 amide bonds. The summed E-state index contributed by atoms with van der Waals surface area (Å²) in [6, 6.07) is 13.7. The Kier molecular flexibility index (Phi) is 11.7. The van der Waals surface area contributed by atoms with Crippen molar-refractivity contribution in [2.45, 2.75) is 25.6 Å². The van der Waals surface area contributed by atoms with Crippen LogP contribution in [0.2, 0.25) is 0 Å². The lowest BCUT2D eigenvalue weighted by molar-refractivity contribution is 0.311. The standard InChI is InChI=1S/C21H28FN3O3S.HI/c1-3-23-21(24-12-7-13-28-20-8-5-4-6-9-20)25-15-18-14-19(22)11-10-17(18)16-29(2,26)27;/h4-6,8-11,14H,3,7,12-13,15-16H2,1-2H3,(H2,23,24,25);1H. The molecule has 30 heavy (non-hydrogen) atoms. The zero-order valence-electron chi connectivity index (χ0n) is 17.2. The molecule has 166 valence electrons. The van der Waals surface area contributed by atoms with Crippen LogP contribution in [0.15, 0.2) is 53.5 Å². The van der Waals surface area contributed by atoms with Crippen LogP contribution < -0.4 is 15.4 Å². The van der Waals surface area contributed by atoms with E-state index in [-0.39, 0.29) is 36.3 Å². The molecule has 0 aliphatic carbocycles. The van der Waals surface area contributed by atoms with Gasteiger partial charge in [0.25, 0.3) is 0 Å². The minimum Gasteiger partial charge on any atom is -0.494 e. The van der Waals surface area contributed by atoms with Crippen LogP contribution in [0.1, 0.15) is 24.5 Å². The van der Waals surface area contributed by atoms with Crippen LogP contribution in [0, 0.1) is 5.82 Å². The molecule has 0 fully saturated rings. The molecule has 0 spiro atoms. The van der Waals surface area contributed by atoms with Gasteiger partial charge in [0.15, 0.2) is 15.8 Å². The molecule has 0 aliphatic heterocycles. The summed E-state index contributed by atoms with van der Waals surface area (Å²) in [7, 11) is -3.22. The van der Waals surface area contributed by atoms with Gasteiger partial charge in [-0.3, -0.25) is 0 Å². The lowest BCUT2D eigenvalue weighted by Gasteiger charge is -2.13. The molecular formula is C21H29FIN3O3S. The van der Waals surface area contributed by atoms with E-state index in [1.165, 1.54) is 18.2 Å². The minimum atomic E-state index is -3.22. The van der Waals surface area contributed by atoms with Crippen molar-refractivity contribution < 1.29 is 17.5 Å². The first-order valence-electron chi connectivity index (χ1n) is 9.52. The van der Waals surface area contributed by atoms with Gasteiger partial charge < -0.3 is 15.4 Å². The Morgan fingerprint density at radius 2 is 1.83 bits per heavy atom. The fraction of sp³-hybridized carbons (Fsp3) is 0.381. The summed E-state index contributed by atoms with van der Waals surface area (Å²) in [5, 5.41) is 6.34. The average molecular weight is 549 g/mol. The molecule has 0 saturated carbocycles. The summed E-state index contributed by atoms with van der Waals surface area (Å²) in [6.07, 6.45) is 1.94. The first-order chi connectivity index (χ1) is 13.9. The van der Waals surface area contributed by atoms with Gasteiger partial charge in [-0.2, -0.15) is 0 Å². The Morgan fingerprint density at radius 3 is 2.50 bits per heavy atom. The molecule has 0 saturated heterocycles. The van der Waals surface area contributed by atoms with Crippen molar-refractivity contribution in [2.24, 2.45) is 4.99 Å². The summed E-state index contributed by atoms with van der Waals surface area (Å²) in [6.45, 7) is 4.02. The van der Waals surface area contributed by atoms with Gasteiger partial charge in [-0.1, -0.05) is 24.3 Å². The lowest BCUT2D eigenvalue weighted by Crippen LogP contribution is -2.38. The van der Waals surface area contributed by atoms with Crippen LogP contribution in [0.3, 0.4) is 0 Å². The number of benzene rings is 2. The molecule has 0 aromatic heterocycles. The number of halogens is 2. The highest BCUT2D eigenvalue weighted by Gasteiger charge is 2.10. The number of sulfone groups is 1. The van der Waals surface area contributed by atoms with E-state index in [1.54, 1.807) is 0 Å². The molecule has 2 aromatic carbocycles. The molecule has 2 N–H and O–H groups in total. The van der Waals surface area contributed by atoms with E-state index in [4.69, 9.17) is 4.74 Å². The van der Waals surface area contributed by atoms with E-state index in [1.807, 2.05) is 37.3 Å². The van der Waals surface area contributed by atoms with Crippen molar-refractivity contribution in [2.75, 3.05) is 26.0 Å². The topological polar surface area (TPSA) is 79.8 Å². The Balaban J connectivity index is 0.00000450. The Bertz CT molecular complexity index is 909. The third-order valence-corrected chi connectivity index (χ3v) is 4.80. The minimum absolute atomic E-state index is 0. The summed E-state index contributed by atoms with van der Waals surface area (Å²) in [4.78, 5) is 4.46. The van der Waals surface area contributed by atoms with Crippen molar-refractivity contribution in [3.8, 4) is 5.75 Å². The average Bonchev–Trinajstić information content (AvgIpc) is 2.67. The number of nitrogens with zero attached hydrogens (tertiary/aromatic N) is 1. The number of hydrogen-bond acceptors (Lipinski definition) is 4. The van der Waals surface area contributed by atoms with Crippen LogP contribution in [0.25, 0.3) is 0 Å². The van der Waals surface area contributed by atoms with Crippen LogP contribution in [0.4, 0.5) is 4.39 Å². The second-order valence-electron chi connectivity index (χ2n) is 6.62. The Morgan fingerprint density at radius 1 is 1.10 bits per heavy atom. The van der Waals surface area contributed by atoms with E-state index in [2.05, 4.69) is 15.6 Å². The molecule has 2 rings (SSSR count). The predicted octanol–water partition coefficient (Wildman–Crippen LogP) is 3.51. The van der Waals surface area contributed by atoms with Crippen LogP contribution in [0.5, 0.6) is 5.75 Å². The fourth-order valence-corrected chi connectivity index (χ4v) is 3.50. The third-order valence-electron chi connectivity index (χ3n) is 3.96. The quantitative estimate of drug-likeness (QED) is 0.205. The summed E-state index contributed by atoms with van der Waals surface area (Å²) >= 11 is 0. The van der Waals surface area contributed by atoms with E-state index in [0.717, 1.165) is 18.4 Å². The van der Waals surface area contributed by atoms with Gasteiger partial charge in [-0.05, 0) is 48.7 Å². The van der Waals surface area contributed by atoms with Gasteiger partial charge in [-0.25, -0.2) is 17.8 Å². The van der Waals surface area contributed by atoms with Crippen LogP contribution >= 0.6 is 24.0 Å². The summed E-state index contributed by atoms with van der Waals surface area (Å²) < 4.78 is 42.5. The largest absolute Gasteiger partial charge is 0.494 e. The third kappa shape index (κ3) is 10.2. The summed E-state index contributed by atoms with van der Waals surface area (Å²) in [5.41, 5.74) is 1.12. The number of guanidine groups is 1. The van der Waals surface area contributed by atoms with Crippen molar-refractivity contribution in [3.05, 3.63) is 65.5 Å². The first kappa shape index (κ1) is 26.2. The van der Waals surface area contributed by atoms with E-state index in [0.29, 0.717) is 36.8 Å². The maximum absolute atomic E-state index is 13.6. The van der Waals surface area contributed by atoms with Gasteiger partial charge in [0, 0.05) is 19.3 Å². The first-order valence-corrected chi connectivity index (χ1v) is 11.6. The van der Waals surface area contributed by atoms with E-state index >= 15 is 0 Å². The number of para-hydroxylation sites is 1. The second-order valence-corrected chi connectivity index (χ2v) is 8.76. The molecule has 6 nitrogen and oxygen atoms in total. The highest BCUT2D eigenvalue weighted by molar-refractivity contribution is 14.0. The van der Waals surface area contributed by atoms with Crippen molar-refractivity contribution in [1.29, 1.82) is 0 Å². The normalized spacial score (nSPS) is 11.5. The molecule has 0 radical (unpaired) electrons.